The normalized spacial score (nSPS) is 18.7. The Morgan fingerprint density at radius 2 is 0.469 bits per heavy atom. The van der Waals surface area contributed by atoms with Crippen LogP contribution < -0.4 is 28.4 Å². The van der Waals surface area contributed by atoms with E-state index in [2.05, 4.69) is 41.1 Å². The standard InChI is InChI=1S/C58H72O22.C28H32O12.C15H22O6.Cl2OS/c1-5-49(59)71-27-7-9-29-73-51(61)37-11-15-41(16-12-37)55(65)79-47-25-23-43(35-45(47)57(67)75-33-31-69-3)77-53(63)39-19-21-40(22-20-39)54(64)78-44-24-26-48(46(36-44)58(68)76-34-32-70-4)80-56(66)42-17-13-38(14-18-42)52(62)74-30-10-8-28-72-50(60)6-2;1-35-11-13-37-27(33)21-15-19(7-9-23(21)29)39-25(31)17-3-5-18(6-4-17)26(32)40-20-8-10-24(30)22(16-20)28(34)38-14-12-36-2;1-2-13(16)20-9-3-4-10-21-15(19)12-7-5-11(6-8-12)14(17)18;1-4(2)3/h5-6,23-26,35-42H,1-2,7-22,27-34H2,3-4H3;7-10,15-18,29-30H,3-6,11-14H2,1-2H3;2,11-12H,1,3-10H2,(H,17,18);. The van der Waals surface area contributed by atoms with Crippen molar-refractivity contribution in [2.75, 3.05) is 121 Å². The number of carbonyl (C=O) groups excluding carboxylic acids is 16. The van der Waals surface area contributed by atoms with Crippen molar-refractivity contribution >= 4 is 132 Å². The van der Waals surface area contributed by atoms with Crippen molar-refractivity contribution < 1.29 is 196 Å². The second-order valence-corrected chi connectivity index (χ2v) is 36.2. The van der Waals surface area contributed by atoms with Crippen LogP contribution in [0.5, 0.6) is 46.0 Å². The van der Waals surface area contributed by atoms with Gasteiger partial charge in [-0.15, -0.1) is 0 Å². The van der Waals surface area contributed by atoms with Gasteiger partial charge in [0, 0.05) is 68.0 Å². The average Bonchev–Trinajstić information content (AvgIpc) is 0.885. The summed E-state index contributed by atoms with van der Waals surface area (Å²) in [6, 6.07) is 15.6. The summed E-state index contributed by atoms with van der Waals surface area (Å²) in [4.78, 5) is 211. The van der Waals surface area contributed by atoms with Gasteiger partial charge < -0.3 is 110 Å². The molecule has 0 bridgehead atoms. The van der Waals surface area contributed by atoms with Crippen LogP contribution in [0.15, 0.2) is 111 Å². The molecule has 0 amide bonds. The van der Waals surface area contributed by atoms with Crippen molar-refractivity contribution in [1.29, 1.82) is 0 Å². The van der Waals surface area contributed by atoms with Crippen LogP contribution in [-0.4, -0.2) is 242 Å². The number of phenols is 2. The van der Waals surface area contributed by atoms with Crippen LogP contribution in [0.1, 0.15) is 208 Å². The molecule has 5 aliphatic carbocycles. The maximum atomic E-state index is 13.5. The Hall–Kier alpha value is -12.7. The summed E-state index contributed by atoms with van der Waals surface area (Å²) in [7, 11) is 13.1. The minimum Gasteiger partial charge on any atom is -0.507 e. The van der Waals surface area contributed by atoms with Gasteiger partial charge in [0.05, 0.1) is 125 Å². The third kappa shape index (κ3) is 44.4. The number of hydrogen-bond donors (Lipinski definition) is 3. The molecular formula is C101H126Cl2O41S. The van der Waals surface area contributed by atoms with Crippen LogP contribution in [0.2, 0.25) is 0 Å². The molecule has 0 heterocycles. The number of halogens is 2. The predicted octanol–water partition coefficient (Wildman–Crippen LogP) is 13.1. The zero-order valence-corrected chi connectivity index (χ0v) is 83.7. The topological polar surface area (TPSA) is 553 Å². The minimum atomic E-state index is -1.67. The predicted molar refractivity (Wildman–Crippen MR) is 510 cm³/mol. The summed E-state index contributed by atoms with van der Waals surface area (Å²) in [6.07, 6.45) is 14.2. The summed E-state index contributed by atoms with van der Waals surface area (Å²) >= 11 is 0. The highest BCUT2D eigenvalue weighted by Gasteiger charge is 2.39. The number of aromatic hydroxyl groups is 2. The van der Waals surface area contributed by atoms with Crippen LogP contribution in [-0.2, 0) is 138 Å². The fourth-order valence-electron chi connectivity index (χ4n) is 15.5. The van der Waals surface area contributed by atoms with E-state index in [1.54, 1.807) is 0 Å². The van der Waals surface area contributed by atoms with Gasteiger partial charge in [-0.2, -0.15) is 0 Å². The van der Waals surface area contributed by atoms with Gasteiger partial charge in [0.1, 0.15) is 94.7 Å². The highest BCUT2D eigenvalue weighted by molar-refractivity contribution is 8.26. The van der Waals surface area contributed by atoms with E-state index in [9.17, 15) is 91.7 Å². The molecule has 5 fully saturated rings. The quantitative estimate of drug-likeness (QED) is 0.00923. The minimum absolute atomic E-state index is 0.000206. The lowest BCUT2D eigenvalue weighted by Crippen LogP contribution is -2.30. The lowest BCUT2D eigenvalue weighted by molar-refractivity contribution is -0.153. The number of rotatable bonds is 50. The summed E-state index contributed by atoms with van der Waals surface area (Å²) in [5.74, 6) is -15.4. The van der Waals surface area contributed by atoms with E-state index in [0.717, 1.165) is 18.2 Å². The molecule has 4 aromatic carbocycles. The third-order valence-electron chi connectivity index (χ3n) is 23.7. The Labute approximate surface area is 849 Å². The number of carboxylic acids is 1. The third-order valence-corrected chi connectivity index (χ3v) is 23.7. The Balaban J connectivity index is 0.000000403. The molecule has 4 aromatic rings. The van der Waals surface area contributed by atoms with Crippen LogP contribution in [0.3, 0.4) is 0 Å². The van der Waals surface area contributed by atoms with Crippen molar-refractivity contribution in [2.45, 2.75) is 167 Å². The second-order valence-electron chi connectivity index (χ2n) is 33.7. The number of phenolic OH excluding ortho intramolecular Hbond substituents is 2. The van der Waals surface area contributed by atoms with Crippen molar-refractivity contribution in [3.05, 3.63) is 133 Å². The Kier molecular flexibility index (Phi) is 55.9. The van der Waals surface area contributed by atoms with Crippen molar-refractivity contribution in [2.24, 2.45) is 59.2 Å². The van der Waals surface area contributed by atoms with Gasteiger partial charge in [-0.1, -0.05) is 19.7 Å². The molecule has 0 radical (unpaired) electrons. The molecule has 0 spiro atoms. The fraction of sp³-hybridized carbons (Fsp3) is 0.535. The molecule has 3 N–H and O–H groups in total. The molecule has 5 aliphatic rings. The SMILES string of the molecule is C=CC(=O)OCCCCOC(=O)C1CCC(C(=O)O)CC1.C=CC(=O)OCCCCOC(=O)C1CCC(C(=O)Oc2ccc(OC(=O)C3CCC(C(=O)Oc4ccc(OC(=O)C5CCC(C(=O)OCCCCOC(=O)C=C)CC5)c(C(=O)OCCOC)c4)CC3)cc2C(=O)OCCOC)CC1.COCCOC(=O)c1cc(OC(=O)C2CCC(C(=O)Oc3ccc(O)c(C(=O)OCCOC)c3)CC2)ccc1O.O=S(Cl)Cl. The van der Waals surface area contributed by atoms with E-state index in [-0.39, 0.29) is 210 Å². The van der Waals surface area contributed by atoms with Crippen molar-refractivity contribution in [3.63, 3.8) is 0 Å². The van der Waals surface area contributed by atoms with Gasteiger partial charge >= 0.3 is 101 Å². The molecule has 9 rings (SSSR count). The second kappa shape index (κ2) is 67.0. The fourth-order valence-corrected chi connectivity index (χ4v) is 15.5. The largest absolute Gasteiger partial charge is 0.507 e. The number of esters is 16. The van der Waals surface area contributed by atoms with Gasteiger partial charge in [0.2, 0.25) is 9.23 Å². The van der Waals surface area contributed by atoms with E-state index < -0.39 is 140 Å². The number of hydrogen-bond acceptors (Lipinski definition) is 40. The average molecular weight is 2100 g/mol. The van der Waals surface area contributed by atoms with E-state index in [1.807, 2.05) is 0 Å². The molecule has 0 saturated heterocycles. The van der Waals surface area contributed by atoms with Gasteiger partial charge in [-0.25, -0.2) is 37.8 Å². The maximum Gasteiger partial charge on any atom is 0.342 e. The van der Waals surface area contributed by atoms with E-state index in [4.69, 9.17) is 104 Å². The number of methoxy groups -OCH3 is 4. The first-order valence-corrected chi connectivity index (χ1v) is 50.2. The molecule has 5 saturated carbocycles. The number of ether oxygens (including phenoxy) is 20. The molecule has 0 atom stereocenters. The van der Waals surface area contributed by atoms with Crippen LogP contribution >= 0.6 is 21.4 Å². The first-order chi connectivity index (χ1) is 69.6. The molecule has 0 aliphatic heterocycles. The lowest BCUT2D eigenvalue weighted by atomic mass is 9.82. The summed E-state index contributed by atoms with van der Waals surface area (Å²) in [6.45, 7) is 11.6. The van der Waals surface area contributed by atoms with Gasteiger partial charge in [0.15, 0.2) is 0 Å². The Bertz CT molecular complexity index is 4740. The lowest BCUT2D eigenvalue weighted by Gasteiger charge is -2.26. The number of benzene rings is 4. The van der Waals surface area contributed by atoms with Crippen LogP contribution in [0, 0.1) is 59.2 Å². The zero-order valence-electron chi connectivity index (χ0n) is 81.4. The number of carbonyl (C=O) groups is 17. The van der Waals surface area contributed by atoms with Gasteiger partial charge in [-0.3, -0.25) is 47.9 Å². The van der Waals surface area contributed by atoms with E-state index in [1.165, 1.54) is 101 Å². The van der Waals surface area contributed by atoms with Gasteiger partial charge in [0.25, 0.3) is 0 Å². The molecule has 145 heavy (non-hydrogen) atoms. The molecule has 0 aromatic heterocycles. The summed E-state index contributed by atoms with van der Waals surface area (Å²) in [5.41, 5.74) is -0.631. The first kappa shape index (κ1) is 121. The highest BCUT2D eigenvalue weighted by atomic mass is 36.0. The molecular weight excluding hydrogens is 1970 g/mol. The number of carboxylic acid groups (broad SMARTS) is 1. The Morgan fingerprint density at radius 1 is 0.276 bits per heavy atom. The van der Waals surface area contributed by atoms with E-state index >= 15 is 0 Å². The number of aliphatic carboxylic acids is 1. The zero-order chi connectivity index (χ0) is 106. The molecule has 796 valence electrons. The first-order valence-electron chi connectivity index (χ1n) is 47.4. The van der Waals surface area contributed by atoms with Crippen LogP contribution in [0.4, 0.5) is 0 Å². The van der Waals surface area contributed by atoms with Crippen molar-refractivity contribution in [1.82, 2.24) is 0 Å². The highest BCUT2D eigenvalue weighted by Crippen LogP contribution is 2.40. The Morgan fingerprint density at radius 3 is 0.690 bits per heavy atom. The van der Waals surface area contributed by atoms with Crippen LogP contribution in [0.25, 0.3) is 0 Å². The summed E-state index contributed by atoms with van der Waals surface area (Å²) < 4.78 is 114. The maximum absolute atomic E-state index is 13.5. The molecule has 41 nitrogen and oxygen atoms in total. The van der Waals surface area contributed by atoms with E-state index in [0.29, 0.717) is 148 Å². The number of unbranched alkanes of at least 4 members (excludes halogenated alkanes) is 3. The van der Waals surface area contributed by atoms with Crippen molar-refractivity contribution in [3.8, 4) is 46.0 Å². The monoisotopic (exact) mass is 2100 g/mol. The molecule has 0 unspecified atom stereocenters. The summed E-state index contributed by atoms with van der Waals surface area (Å²) in [5, 5.41) is 28.8. The smallest absolute Gasteiger partial charge is 0.342 e. The van der Waals surface area contributed by atoms with Gasteiger partial charge in [-0.05, 0) is 240 Å². The molecule has 44 heteroatoms.